The van der Waals surface area contributed by atoms with Crippen LogP contribution in [0.2, 0.25) is 0 Å². The van der Waals surface area contributed by atoms with Gasteiger partial charge in [-0.1, -0.05) is 4.47 Å². The molecule has 9 heteroatoms. The van der Waals surface area contributed by atoms with Crippen LogP contribution in [0.25, 0.3) is 0 Å². The quantitative estimate of drug-likeness (QED) is 0.570. The molecule has 74 valence electrons. The lowest BCUT2D eigenvalue weighted by atomic mass is 10.7. The Bertz CT molecular complexity index is 243. The van der Waals surface area contributed by atoms with Gasteiger partial charge in [-0.15, -0.1) is 0 Å². The first-order chi connectivity index (χ1) is 4.86. The molecule has 0 aliphatic carbocycles. The average molecular weight is 209 g/mol. The van der Waals surface area contributed by atoms with Gasteiger partial charge in [0.1, 0.15) is 0 Å². The van der Waals surface area contributed by atoms with Crippen molar-refractivity contribution in [3.8, 4) is 0 Å². The number of rotatable bonds is 1. The van der Waals surface area contributed by atoms with Gasteiger partial charge in [-0.05, 0) is 0 Å². The summed E-state index contributed by atoms with van der Waals surface area (Å²) in [5, 5.41) is 0. The number of hydrogen-bond donors (Lipinski definition) is 0. The Hall–Kier alpha value is -0.380. The fourth-order valence-corrected chi connectivity index (χ4v) is 1.23. The van der Waals surface area contributed by atoms with Crippen molar-refractivity contribution >= 4 is 10.0 Å². The van der Waals surface area contributed by atoms with Gasteiger partial charge in [0.15, 0.2) is 0 Å². The minimum Gasteiger partial charge on any atom is -0.412 e. The highest BCUT2D eigenvalue weighted by atomic mass is 32.2. The summed E-state index contributed by atoms with van der Waals surface area (Å²) in [7, 11) is -5.23. The van der Waals surface area contributed by atoms with Crippen LogP contribution >= 0.6 is 0 Å². The highest BCUT2D eigenvalue weighted by molar-refractivity contribution is 7.89. The van der Waals surface area contributed by atoms with Crippen molar-refractivity contribution in [2.24, 2.45) is 0 Å². The molecular weight excluding hydrogens is 203 g/mol. The minimum absolute atomic E-state index is 0. The third-order valence-electron chi connectivity index (χ3n) is 1.07. The Kier molecular flexibility index (Phi) is 3.07. The summed E-state index contributed by atoms with van der Waals surface area (Å²) >= 11 is 0. The summed E-state index contributed by atoms with van der Waals surface area (Å²) in [4.78, 5) is 4.05. The summed E-state index contributed by atoms with van der Waals surface area (Å²) in [6, 6.07) is 0. The molecule has 0 bridgehead atoms. The Morgan fingerprint density at radius 1 is 1.33 bits per heavy atom. The van der Waals surface area contributed by atoms with Gasteiger partial charge in [0.2, 0.25) is 0 Å². The summed E-state index contributed by atoms with van der Waals surface area (Å²) in [6.45, 7) is -0.225. The molecule has 0 atom stereocenters. The standard InChI is InChI=1S/C3H4F3NO3S.H2O/c4-3(5,6)11(8,9)7-1-2-10-7;/h1-2H2;1H2. The third-order valence-corrected chi connectivity index (χ3v) is 2.48. The van der Waals surface area contributed by atoms with Crippen molar-refractivity contribution in [2.45, 2.75) is 5.51 Å². The molecule has 0 aromatic rings. The lowest BCUT2D eigenvalue weighted by Crippen LogP contribution is -2.49. The summed E-state index contributed by atoms with van der Waals surface area (Å²) in [5.41, 5.74) is -5.26. The zero-order chi connectivity index (χ0) is 8.70. The Morgan fingerprint density at radius 2 is 1.75 bits per heavy atom. The van der Waals surface area contributed by atoms with E-state index < -0.39 is 15.5 Å². The first-order valence-electron chi connectivity index (χ1n) is 2.57. The fraction of sp³-hybridized carbons (Fsp3) is 1.00. The molecule has 1 rings (SSSR count). The molecule has 1 saturated heterocycles. The highest BCUT2D eigenvalue weighted by Crippen LogP contribution is 2.28. The Labute approximate surface area is 66.0 Å². The van der Waals surface area contributed by atoms with Crippen molar-refractivity contribution < 1.29 is 31.9 Å². The molecule has 0 aromatic carbocycles. The topological polar surface area (TPSA) is 78.1 Å². The van der Waals surface area contributed by atoms with Gasteiger partial charge >= 0.3 is 15.5 Å². The number of nitrogens with zero attached hydrogens (tertiary/aromatic N) is 1. The molecule has 1 aliphatic rings. The number of hydrogen-bond acceptors (Lipinski definition) is 3. The van der Waals surface area contributed by atoms with Crippen LogP contribution in [0.3, 0.4) is 0 Å². The second kappa shape index (κ2) is 3.17. The van der Waals surface area contributed by atoms with Crippen LogP contribution in [0.15, 0.2) is 0 Å². The number of halogens is 3. The normalized spacial score (nSPS) is 19.6. The molecule has 1 aliphatic heterocycles. The molecule has 0 amide bonds. The van der Waals surface area contributed by atoms with Crippen LogP contribution in [0, 0.1) is 0 Å². The van der Waals surface area contributed by atoms with E-state index in [4.69, 9.17) is 0 Å². The smallest absolute Gasteiger partial charge is 0.412 e. The zero-order valence-corrected chi connectivity index (χ0v) is 6.44. The number of hydroxylamine groups is 1. The van der Waals surface area contributed by atoms with Gasteiger partial charge in [0.05, 0.1) is 13.2 Å². The molecular formula is C3H6F3NO4S. The maximum absolute atomic E-state index is 11.6. The van der Waals surface area contributed by atoms with Crippen LogP contribution in [-0.4, -0.2) is 37.0 Å². The molecule has 0 spiro atoms. The molecule has 0 unspecified atom stereocenters. The van der Waals surface area contributed by atoms with Crippen LogP contribution in [0.4, 0.5) is 13.2 Å². The first kappa shape index (κ1) is 11.6. The predicted octanol–water partition coefficient (Wildman–Crippen LogP) is -0.742. The molecule has 12 heavy (non-hydrogen) atoms. The van der Waals surface area contributed by atoms with E-state index in [-0.39, 0.29) is 23.1 Å². The lowest BCUT2D eigenvalue weighted by Gasteiger charge is -2.29. The molecule has 0 radical (unpaired) electrons. The van der Waals surface area contributed by atoms with E-state index in [9.17, 15) is 21.6 Å². The van der Waals surface area contributed by atoms with Gasteiger partial charge in [-0.3, -0.25) is 4.84 Å². The van der Waals surface area contributed by atoms with Gasteiger partial charge in [-0.2, -0.15) is 13.2 Å². The van der Waals surface area contributed by atoms with E-state index in [2.05, 4.69) is 4.84 Å². The SMILES string of the molecule is O.O=S(=O)(N1CCO1)C(F)(F)F. The van der Waals surface area contributed by atoms with E-state index in [1.807, 2.05) is 0 Å². The largest absolute Gasteiger partial charge is 0.513 e. The Balaban J connectivity index is 0.00000121. The minimum atomic E-state index is -5.26. The second-order valence-electron chi connectivity index (χ2n) is 1.81. The van der Waals surface area contributed by atoms with E-state index in [0.29, 0.717) is 0 Å². The van der Waals surface area contributed by atoms with Gasteiger partial charge in [0, 0.05) is 0 Å². The molecule has 0 aromatic heterocycles. The van der Waals surface area contributed by atoms with E-state index in [1.165, 1.54) is 0 Å². The number of alkyl halides is 3. The summed E-state index contributed by atoms with van der Waals surface area (Å²) < 4.78 is 55.3. The van der Waals surface area contributed by atoms with Crippen molar-refractivity contribution in [1.82, 2.24) is 4.47 Å². The monoisotopic (exact) mass is 209 g/mol. The van der Waals surface area contributed by atoms with Crippen LogP contribution in [-0.2, 0) is 14.9 Å². The van der Waals surface area contributed by atoms with Gasteiger partial charge < -0.3 is 5.48 Å². The lowest BCUT2D eigenvalue weighted by molar-refractivity contribution is -0.188. The average Bonchev–Trinajstić information content (AvgIpc) is 1.53. The Morgan fingerprint density at radius 3 is 1.83 bits per heavy atom. The molecule has 1 fully saturated rings. The third kappa shape index (κ3) is 1.68. The second-order valence-corrected chi connectivity index (χ2v) is 3.63. The maximum Gasteiger partial charge on any atom is 0.513 e. The molecule has 2 N–H and O–H groups in total. The first-order valence-corrected chi connectivity index (χ1v) is 4.01. The van der Waals surface area contributed by atoms with E-state index in [0.717, 1.165) is 0 Å². The fourth-order valence-electron chi connectivity index (χ4n) is 0.471. The van der Waals surface area contributed by atoms with Crippen molar-refractivity contribution in [1.29, 1.82) is 0 Å². The van der Waals surface area contributed by atoms with Crippen LogP contribution < -0.4 is 0 Å². The van der Waals surface area contributed by atoms with Gasteiger partial charge in [-0.25, -0.2) is 8.42 Å². The van der Waals surface area contributed by atoms with Crippen LogP contribution in [0.1, 0.15) is 0 Å². The summed E-state index contributed by atoms with van der Waals surface area (Å²) in [6.07, 6.45) is 0. The molecule has 0 saturated carbocycles. The van der Waals surface area contributed by atoms with Crippen molar-refractivity contribution in [2.75, 3.05) is 13.2 Å². The molecule has 5 nitrogen and oxygen atoms in total. The van der Waals surface area contributed by atoms with Crippen molar-refractivity contribution in [3.05, 3.63) is 0 Å². The van der Waals surface area contributed by atoms with E-state index in [1.54, 1.807) is 0 Å². The maximum atomic E-state index is 11.6. The predicted molar refractivity (Wildman–Crippen MR) is 31.2 cm³/mol. The summed E-state index contributed by atoms with van der Waals surface area (Å²) in [5.74, 6) is 0. The van der Waals surface area contributed by atoms with E-state index >= 15 is 0 Å². The van der Waals surface area contributed by atoms with Crippen molar-refractivity contribution in [3.63, 3.8) is 0 Å². The van der Waals surface area contributed by atoms with Gasteiger partial charge in [0.25, 0.3) is 0 Å². The van der Waals surface area contributed by atoms with Crippen LogP contribution in [0.5, 0.6) is 0 Å². The molecule has 1 heterocycles. The highest BCUT2D eigenvalue weighted by Gasteiger charge is 2.52. The zero-order valence-electron chi connectivity index (χ0n) is 5.63. The number of sulfonamides is 1.